The van der Waals surface area contributed by atoms with Gasteiger partial charge in [-0.15, -0.1) is 0 Å². The third-order valence-electron chi connectivity index (χ3n) is 3.36. The van der Waals surface area contributed by atoms with Crippen LogP contribution in [0.3, 0.4) is 0 Å². The summed E-state index contributed by atoms with van der Waals surface area (Å²) >= 11 is 0. The third-order valence-corrected chi connectivity index (χ3v) is 3.36. The third kappa shape index (κ3) is 2.13. The standard InChI is InChI=1S/C13H17N3O/c1-17-10-4-2-3-9(5-10)6-13-15-11-7-14-8-12(11)16-13/h2-5,11-12,14H,6-8H2,1H3,(H,15,16). The number of ether oxygens (including phenoxy) is 1. The molecule has 0 spiro atoms. The van der Waals surface area contributed by atoms with Crippen LogP contribution in [0.15, 0.2) is 29.3 Å². The van der Waals surface area contributed by atoms with E-state index < -0.39 is 0 Å². The molecule has 2 atom stereocenters. The van der Waals surface area contributed by atoms with E-state index in [4.69, 9.17) is 9.73 Å². The zero-order chi connectivity index (χ0) is 11.7. The van der Waals surface area contributed by atoms with Crippen molar-refractivity contribution in [1.29, 1.82) is 0 Å². The first-order chi connectivity index (χ1) is 8.35. The summed E-state index contributed by atoms with van der Waals surface area (Å²) in [4.78, 5) is 4.70. The highest BCUT2D eigenvalue weighted by molar-refractivity contribution is 5.86. The smallest absolute Gasteiger partial charge is 0.119 e. The van der Waals surface area contributed by atoms with Gasteiger partial charge in [-0.3, -0.25) is 4.99 Å². The summed E-state index contributed by atoms with van der Waals surface area (Å²) in [7, 11) is 1.69. The highest BCUT2D eigenvalue weighted by Crippen LogP contribution is 2.16. The Morgan fingerprint density at radius 3 is 3.18 bits per heavy atom. The number of rotatable bonds is 3. The van der Waals surface area contributed by atoms with Crippen LogP contribution in [0.5, 0.6) is 5.75 Å². The highest BCUT2D eigenvalue weighted by Gasteiger charge is 2.32. The van der Waals surface area contributed by atoms with E-state index in [-0.39, 0.29) is 0 Å². The molecular weight excluding hydrogens is 214 g/mol. The van der Waals surface area contributed by atoms with Crippen LogP contribution in [0, 0.1) is 0 Å². The molecule has 0 aliphatic carbocycles. The number of nitrogens with one attached hydrogen (secondary N) is 2. The zero-order valence-corrected chi connectivity index (χ0v) is 9.94. The van der Waals surface area contributed by atoms with E-state index in [2.05, 4.69) is 22.8 Å². The van der Waals surface area contributed by atoms with Crippen molar-refractivity contribution in [3.63, 3.8) is 0 Å². The quantitative estimate of drug-likeness (QED) is 0.800. The largest absolute Gasteiger partial charge is 0.497 e. The molecule has 2 aliphatic rings. The molecule has 90 valence electrons. The second kappa shape index (κ2) is 4.37. The Balaban J connectivity index is 1.71. The number of methoxy groups -OCH3 is 1. The van der Waals surface area contributed by atoms with E-state index >= 15 is 0 Å². The summed E-state index contributed by atoms with van der Waals surface area (Å²) in [5.74, 6) is 2.01. The Morgan fingerprint density at radius 1 is 1.41 bits per heavy atom. The molecule has 4 nitrogen and oxygen atoms in total. The van der Waals surface area contributed by atoms with E-state index in [1.807, 2.05) is 12.1 Å². The van der Waals surface area contributed by atoms with Crippen molar-refractivity contribution >= 4 is 5.84 Å². The lowest BCUT2D eigenvalue weighted by atomic mass is 10.1. The van der Waals surface area contributed by atoms with Gasteiger partial charge in [-0.1, -0.05) is 12.1 Å². The molecule has 2 unspecified atom stereocenters. The Morgan fingerprint density at radius 2 is 2.35 bits per heavy atom. The van der Waals surface area contributed by atoms with Crippen molar-refractivity contribution in [2.45, 2.75) is 18.5 Å². The van der Waals surface area contributed by atoms with Gasteiger partial charge in [0, 0.05) is 19.5 Å². The number of nitrogens with zero attached hydrogens (tertiary/aromatic N) is 1. The average molecular weight is 231 g/mol. The minimum absolute atomic E-state index is 0.426. The number of amidine groups is 1. The van der Waals surface area contributed by atoms with Crippen LogP contribution in [-0.4, -0.2) is 38.1 Å². The van der Waals surface area contributed by atoms with E-state index in [9.17, 15) is 0 Å². The topological polar surface area (TPSA) is 45.6 Å². The number of aliphatic imine (C=N–C) groups is 1. The van der Waals surface area contributed by atoms with E-state index in [1.54, 1.807) is 7.11 Å². The maximum absolute atomic E-state index is 5.22. The van der Waals surface area contributed by atoms with Crippen molar-refractivity contribution in [2.75, 3.05) is 20.2 Å². The molecule has 1 fully saturated rings. The number of hydrogen-bond acceptors (Lipinski definition) is 4. The second-order valence-electron chi connectivity index (χ2n) is 4.58. The maximum Gasteiger partial charge on any atom is 0.119 e. The van der Waals surface area contributed by atoms with Crippen LogP contribution >= 0.6 is 0 Å². The lowest BCUT2D eigenvalue weighted by molar-refractivity contribution is 0.414. The summed E-state index contributed by atoms with van der Waals surface area (Å²) in [5, 5.41) is 6.82. The van der Waals surface area contributed by atoms with Crippen molar-refractivity contribution in [3.05, 3.63) is 29.8 Å². The van der Waals surface area contributed by atoms with Crippen LogP contribution in [0.2, 0.25) is 0 Å². The average Bonchev–Trinajstić information content (AvgIpc) is 2.90. The predicted octanol–water partition coefficient (Wildman–Crippen LogP) is 0.580. The van der Waals surface area contributed by atoms with Crippen molar-refractivity contribution in [3.8, 4) is 5.75 Å². The van der Waals surface area contributed by atoms with Crippen LogP contribution in [0.1, 0.15) is 5.56 Å². The first kappa shape index (κ1) is 10.6. The van der Waals surface area contributed by atoms with Gasteiger partial charge < -0.3 is 15.4 Å². The lowest BCUT2D eigenvalue weighted by Gasteiger charge is -2.09. The van der Waals surface area contributed by atoms with Gasteiger partial charge in [0.15, 0.2) is 0 Å². The zero-order valence-electron chi connectivity index (χ0n) is 9.94. The molecule has 0 bridgehead atoms. The van der Waals surface area contributed by atoms with Gasteiger partial charge in [0.05, 0.1) is 19.2 Å². The summed E-state index contributed by atoms with van der Waals surface area (Å²) in [5.41, 5.74) is 1.24. The van der Waals surface area contributed by atoms with Crippen molar-refractivity contribution in [2.24, 2.45) is 4.99 Å². The molecule has 0 radical (unpaired) electrons. The molecule has 2 N–H and O–H groups in total. The van der Waals surface area contributed by atoms with E-state index in [0.717, 1.165) is 31.1 Å². The fourth-order valence-electron chi connectivity index (χ4n) is 2.47. The highest BCUT2D eigenvalue weighted by atomic mass is 16.5. The molecule has 2 aliphatic heterocycles. The Kier molecular flexibility index (Phi) is 2.73. The second-order valence-corrected chi connectivity index (χ2v) is 4.58. The van der Waals surface area contributed by atoms with E-state index in [1.165, 1.54) is 5.56 Å². The minimum atomic E-state index is 0.426. The Labute approximate surface area is 101 Å². The molecule has 17 heavy (non-hydrogen) atoms. The SMILES string of the molecule is COc1cccc(CC2=NC3CNCC3N2)c1. The Bertz CT molecular complexity index is 444. The molecule has 1 saturated heterocycles. The molecule has 1 aromatic rings. The molecule has 0 aromatic heterocycles. The minimum Gasteiger partial charge on any atom is -0.497 e. The van der Waals surface area contributed by atoms with Crippen LogP contribution in [0.4, 0.5) is 0 Å². The molecular formula is C13H17N3O. The molecule has 2 heterocycles. The molecule has 1 aromatic carbocycles. The maximum atomic E-state index is 5.22. The molecule has 3 rings (SSSR count). The van der Waals surface area contributed by atoms with Crippen molar-refractivity contribution in [1.82, 2.24) is 10.6 Å². The van der Waals surface area contributed by atoms with Gasteiger partial charge in [0.25, 0.3) is 0 Å². The predicted molar refractivity (Wildman–Crippen MR) is 67.7 cm³/mol. The summed E-state index contributed by atoms with van der Waals surface area (Å²) in [6, 6.07) is 9.08. The molecule has 4 heteroatoms. The molecule has 0 saturated carbocycles. The summed E-state index contributed by atoms with van der Waals surface area (Å²) < 4.78 is 5.22. The number of benzene rings is 1. The van der Waals surface area contributed by atoms with Gasteiger partial charge in [-0.05, 0) is 17.7 Å². The van der Waals surface area contributed by atoms with Crippen LogP contribution < -0.4 is 15.4 Å². The normalized spacial score (nSPS) is 26.3. The Hall–Kier alpha value is -1.55. The van der Waals surface area contributed by atoms with Gasteiger partial charge in [-0.25, -0.2) is 0 Å². The summed E-state index contributed by atoms with van der Waals surface area (Å²) in [6.07, 6.45) is 0.865. The monoisotopic (exact) mass is 231 g/mol. The van der Waals surface area contributed by atoms with Gasteiger partial charge >= 0.3 is 0 Å². The first-order valence-electron chi connectivity index (χ1n) is 6.02. The molecule has 0 amide bonds. The fourth-order valence-corrected chi connectivity index (χ4v) is 2.47. The van der Waals surface area contributed by atoms with Gasteiger partial charge in [0.2, 0.25) is 0 Å². The number of fused-ring (bicyclic) bond motifs is 1. The number of hydrogen-bond donors (Lipinski definition) is 2. The fraction of sp³-hybridized carbons (Fsp3) is 0.462. The van der Waals surface area contributed by atoms with Gasteiger partial charge in [0.1, 0.15) is 11.6 Å². The van der Waals surface area contributed by atoms with Crippen molar-refractivity contribution < 1.29 is 4.74 Å². The van der Waals surface area contributed by atoms with Crippen LogP contribution in [0.25, 0.3) is 0 Å². The summed E-state index contributed by atoms with van der Waals surface area (Å²) in [6.45, 7) is 2.02. The van der Waals surface area contributed by atoms with Crippen LogP contribution in [-0.2, 0) is 6.42 Å². The lowest BCUT2D eigenvalue weighted by Crippen LogP contribution is -2.35. The van der Waals surface area contributed by atoms with Gasteiger partial charge in [-0.2, -0.15) is 0 Å². The first-order valence-corrected chi connectivity index (χ1v) is 6.02. The van der Waals surface area contributed by atoms with E-state index in [0.29, 0.717) is 12.1 Å².